The molecule has 0 aromatic heterocycles. The van der Waals surface area contributed by atoms with Crippen LogP contribution in [0, 0.1) is 0 Å². The lowest BCUT2D eigenvalue weighted by molar-refractivity contribution is 0.108. The van der Waals surface area contributed by atoms with Crippen LogP contribution in [0.25, 0.3) is 0 Å². The van der Waals surface area contributed by atoms with E-state index < -0.39 is 17.6 Å². The summed E-state index contributed by atoms with van der Waals surface area (Å²) in [4.78, 5) is 0. The van der Waals surface area contributed by atoms with Gasteiger partial charge >= 0.3 is 0 Å². The zero-order chi connectivity index (χ0) is 18.2. The third kappa shape index (κ3) is 14.9. The summed E-state index contributed by atoms with van der Waals surface area (Å²) in [6.07, 6.45) is 5.07. The maximum Gasteiger partial charge on any atom is 0.0656 e. The van der Waals surface area contributed by atoms with Crippen LogP contribution < -0.4 is 0 Å². The lowest BCUT2D eigenvalue weighted by atomic mass is 10.3. The van der Waals surface area contributed by atoms with Gasteiger partial charge in [-0.2, -0.15) is 0 Å². The van der Waals surface area contributed by atoms with Crippen LogP contribution in [-0.2, 0) is 9.47 Å². The van der Waals surface area contributed by atoms with Crippen molar-refractivity contribution in [2.45, 2.75) is 77.2 Å². The van der Waals surface area contributed by atoms with Gasteiger partial charge in [0.25, 0.3) is 0 Å². The number of rotatable bonds is 17. The standard InChI is InChI=1S/C16H38O2S4Si2/c1-7-17-15(23(3)4)11-9-13-19-21-22-20-14-10-12-16(18-8-2)24(5)6/h15-16,23-24H,7-14H2,1-6H3. The second-order valence-corrected chi connectivity index (χ2v) is 19.2. The summed E-state index contributed by atoms with van der Waals surface area (Å²) in [5, 5.41) is 0. The second-order valence-electron chi connectivity index (χ2n) is 6.54. The van der Waals surface area contributed by atoms with E-state index in [-0.39, 0.29) is 0 Å². The van der Waals surface area contributed by atoms with Crippen LogP contribution in [0.15, 0.2) is 0 Å². The van der Waals surface area contributed by atoms with Crippen LogP contribution in [0.5, 0.6) is 0 Å². The first-order valence-corrected chi connectivity index (χ1v) is 20.4. The average molecular weight is 447 g/mol. The van der Waals surface area contributed by atoms with Gasteiger partial charge < -0.3 is 9.47 Å². The van der Waals surface area contributed by atoms with Gasteiger partial charge in [0.05, 0.1) is 17.6 Å². The molecule has 0 amide bonds. The minimum atomic E-state index is -0.658. The van der Waals surface area contributed by atoms with E-state index in [1.165, 1.54) is 37.2 Å². The summed E-state index contributed by atoms with van der Waals surface area (Å²) < 4.78 is 11.7. The molecule has 0 aliphatic carbocycles. The van der Waals surface area contributed by atoms with Crippen molar-refractivity contribution >= 4 is 58.8 Å². The summed E-state index contributed by atoms with van der Waals surface area (Å²) >= 11 is 0. The van der Waals surface area contributed by atoms with Gasteiger partial charge in [0.2, 0.25) is 0 Å². The van der Waals surface area contributed by atoms with Gasteiger partial charge in [-0.3, -0.25) is 0 Å². The fourth-order valence-corrected chi connectivity index (χ4v) is 11.6. The van der Waals surface area contributed by atoms with E-state index in [0.717, 1.165) is 13.2 Å². The van der Waals surface area contributed by atoms with Gasteiger partial charge in [-0.25, -0.2) is 0 Å². The smallest absolute Gasteiger partial charge is 0.0656 e. The van der Waals surface area contributed by atoms with E-state index >= 15 is 0 Å². The van der Waals surface area contributed by atoms with E-state index in [2.05, 4.69) is 40.0 Å². The molecule has 0 saturated carbocycles. The van der Waals surface area contributed by atoms with Crippen LogP contribution in [0.2, 0.25) is 26.2 Å². The Morgan fingerprint density at radius 3 is 1.38 bits per heavy atom. The van der Waals surface area contributed by atoms with E-state index in [1.807, 2.05) is 41.2 Å². The molecule has 0 aromatic carbocycles. The van der Waals surface area contributed by atoms with Crippen LogP contribution in [0.1, 0.15) is 39.5 Å². The largest absolute Gasteiger partial charge is 0.382 e. The van der Waals surface area contributed by atoms with Gasteiger partial charge in [0, 0.05) is 36.2 Å². The molecular formula is C16H38O2S4Si2. The van der Waals surface area contributed by atoms with Crippen LogP contribution >= 0.6 is 41.2 Å². The number of ether oxygens (including phenoxy) is 2. The lowest BCUT2D eigenvalue weighted by Crippen LogP contribution is -2.28. The molecule has 0 radical (unpaired) electrons. The van der Waals surface area contributed by atoms with Gasteiger partial charge in [0.15, 0.2) is 0 Å². The molecule has 0 fully saturated rings. The molecule has 0 bridgehead atoms. The minimum absolute atomic E-state index is 0.574. The van der Waals surface area contributed by atoms with Crippen LogP contribution in [0.4, 0.5) is 0 Å². The van der Waals surface area contributed by atoms with Crippen molar-refractivity contribution < 1.29 is 9.47 Å². The molecule has 0 N–H and O–H groups in total. The molecule has 0 heterocycles. The highest BCUT2D eigenvalue weighted by Gasteiger charge is 2.14. The van der Waals surface area contributed by atoms with Crippen molar-refractivity contribution in [3.63, 3.8) is 0 Å². The Labute approximate surface area is 169 Å². The Balaban J connectivity index is 3.45. The lowest BCUT2D eigenvalue weighted by Gasteiger charge is -2.19. The monoisotopic (exact) mass is 446 g/mol. The molecular weight excluding hydrogens is 409 g/mol. The molecule has 0 aliphatic rings. The fraction of sp³-hybridized carbons (Fsp3) is 1.00. The first-order chi connectivity index (χ1) is 11.5. The Morgan fingerprint density at radius 1 is 0.708 bits per heavy atom. The molecule has 24 heavy (non-hydrogen) atoms. The van der Waals surface area contributed by atoms with E-state index in [9.17, 15) is 0 Å². The van der Waals surface area contributed by atoms with Gasteiger partial charge in [-0.15, -0.1) is 0 Å². The van der Waals surface area contributed by atoms with Gasteiger partial charge in [-0.05, 0) is 59.2 Å². The quantitative estimate of drug-likeness (QED) is 0.152. The van der Waals surface area contributed by atoms with Crippen molar-refractivity contribution in [3.05, 3.63) is 0 Å². The molecule has 146 valence electrons. The molecule has 0 aliphatic heterocycles. The second kappa shape index (κ2) is 18.1. The Kier molecular flexibility index (Phi) is 19.5. The maximum atomic E-state index is 5.86. The van der Waals surface area contributed by atoms with E-state index in [4.69, 9.17) is 9.47 Å². The summed E-state index contributed by atoms with van der Waals surface area (Å²) in [6.45, 7) is 15.5. The molecule has 2 nitrogen and oxygen atoms in total. The third-order valence-electron chi connectivity index (χ3n) is 3.81. The summed E-state index contributed by atoms with van der Waals surface area (Å²) in [6, 6.07) is 0. The van der Waals surface area contributed by atoms with Crippen molar-refractivity contribution in [2.75, 3.05) is 24.7 Å². The normalized spacial score (nSPS) is 14.5. The average Bonchev–Trinajstić information content (AvgIpc) is 2.53. The zero-order valence-corrected chi connectivity index (χ0v) is 22.0. The molecule has 2 atom stereocenters. The minimum Gasteiger partial charge on any atom is -0.382 e. The van der Waals surface area contributed by atoms with Gasteiger partial charge in [-0.1, -0.05) is 47.8 Å². The highest BCUT2D eigenvalue weighted by molar-refractivity contribution is 9.26. The molecule has 0 spiro atoms. The summed E-state index contributed by atoms with van der Waals surface area (Å²) in [5.41, 5.74) is 1.15. The van der Waals surface area contributed by atoms with Crippen molar-refractivity contribution in [1.29, 1.82) is 0 Å². The Bertz CT molecular complexity index is 248. The predicted molar refractivity (Wildman–Crippen MR) is 127 cm³/mol. The first kappa shape index (κ1) is 25.8. The third-order valence-corrected chi connectivity index (χ3v) is 14.5. The van der Waals surface area contributed by atoms with Crippen molar-refractivity contribution in [3.8, 4) is 0 Å². The highest BCUT2D eigenvalue weighted by atomic mass is 33.7. The van der Waals surface area contributed by atoms with Crippen LogP contribution in [-0.4, -0.2) is 53.8 Å². The first-order valence-electron chi connectivity index (χ1n) is 9.33. The zero-order valence-electron chi connectivity index (χ0n) is 16.4. The van der Waals surface area contributed by atoms with E-state index in [0.29, 0.717) is 11.5 Å². The summed E-state index contributed by atoms with van der Waals surface area (Å²) in [7, 11) is 6.58. The maximum absolute atomic E-state index is 5.86. The topological polar surface area (TPSA) is 18.5 Å². The van der Waals surface area contributed by atoms with Crippen molar-refractivity contribution in [1.82, 2.24) is 0 Å². The number of hydrogen-bond acceptors (Lipinski definition) is 6. The number of hydrogen-bond donors (Lipinski definition) is 0. The molecule has 0 aromatic rings. The Morgan fingerprint density at radius 2 is 1.08 bits per heavy atom. The molecule has 0 rings (SSSR count). The highest BCUT2D eigenvalue weighted by Crippen LogP contribution is 2.43. The molecule has 8 heteroatoms. The van der Waals surface area contributed by atoms with Gasteiger partial charge in [0.1, 0.15) is 0 Å². The molecule has 0 saturated heterocycles. The Hall–Kier alpha value is 1.75. The molecule has 2 unspecified atom stereocenters. The SMILES string of the molecule is CCOC(CCCSSSSCCCC(OCC)[SiH](C)C)[SiH](C)C. The predicted octanol–water partition coefficient (Wildman–Crippen LogP) is 6.09. The van der Waals surface area contributed by atoms with Crippen LogP contribution in [0.3, 0.4) is 0 Å². The van der Waals surface area contributed by atoms with E-state index in [1.54, 1.807) is 0 Å². The van der Waals surface area contributed by atoms with Crippen molar-refractivity contribution in [2.24, 2.45) is 0 Å². The fourth-order valence-electron chi connectivity index (χ4n) is 2.44. The summed E-state index contributed by atoms with van der Waals surface area (Å²) in [5.74, 6) is 2.49.